The van der Waals surface area contributed by atoms with Crippen LogP contribution in [0.25, 0.3) is 0 Å². The van der Waals surface area contributed by atoms with Crippen LogP contribution < -0.4 is 5.32 Å². The van der Waals surface area contributed by atoms with E-state index in [-0.39, 0.29) is 5.82 Å². The topological polar surface area (TPSA) is 37.8 Å². The summed E-state index contributed by atoms with van der Waals surface area (Å²) in [7, 11) is 1.78. The standard InChI is InChI=1S/C11H10FN3S/c1-13-10-6-14-7-11(15-10)16-9-4-2-3-8(12)5-9/h2-7H,1H3,(H,13,15). The van der Waals surface area contributed by atoms with Crippen LogP contribution in [-0.2, 0) is 0 Å². The molecule has 0 saturated carbocycles. The molecule has 0 bridgehead atoms. The lowest BCUT2D eigenvalue weighted by Gasteiger charge is -2.02. The quantitative estimate of drug-likeness (QED) is 0.887. The highest BCUT2D eigenvalue weighted by Crippen LogP contribution is 2.26. The Hall–Kier alpha value is -1.62. The lowest BCUT2D eigenvalue weighted by Crippen LogP contribution is -1.93. The van der Waals surface area contributed by atoms with E-state index < -0.39 is 0 Å². The van der Waals surface area contributed by atoms with Crippen molar-refractivity contribution >= 4 is 17.6 Å². The fraction of sp³-hybridized carbons (Fsp3) is 0.0909. The van der Waals surface area contributed by atoms with Gasteiger partial charge in [-0.05, 0) is 18.2 Å². The highest BCUT2D eigenvalue weighted by atomic mass is 32.2. The first kappa shape index (κ1) is 10.9. The lowest BCUT2D eigenvalue weighted by molar-refractivity contribution is 0.624. The van der Waals surface area contributed by atoms with Crippen molar-refractivity contribution in [2.24, 2.45) is 0 Å². The summed E-state index contributed by atoms with van der Waals surface area (Å²) in [5.41, 5.74) is 0. The summed E-state index contributed by atoms with van der Waals surface area (Å²) in [5, 5.41) is 3.64. The molecule has 82 valence electrons. The number of benzene rings is 1. The van der Waals surface area contributed by atoms with Gasteiger partial charge in [0.15, 0.2) is 0 Å². The minimum Gasteiger partial charge on any atom is -0.372 e. The third kappa shape index (κ3) is 2.70. The molecule has 1 N–H and O–H groups in total. The number of anilines is 1. The van der Waals surface area contributed by atoms with Crippen LogP contribution >= 0.6 is 11.8 Å². The van der Waals surface area contributed by atoms with E-state index in [1.807, 2.05) is 6.07 Å². The Bertz CT molecular complexity index is 490. The first-order valence-electron chi connectivity index (χ1n) is 4.71. The molecule has 1 aromatic heterocycles. The summed E-state index contributed by atoms with van der Waals surface area (Å²) in [6.45, 7) is 0. The SMILES string of the molecule is CNc1cncc(Sc2cccc(F)c2)n1. The molecule has 0 aliphatic rings. The molecule has 3 nitrogen and oxygen atoms in total. The van der Waals surface area contributed by atoms with Crippen LogP contribution in [0.15, 0.2) is 46.6 Å². The molecule has 0 amide bonds. The maximum Gasteiger partial charge on any atom is 0.145 e. The van der Waals surface area contributed by atoms with Crippen molar-refractivity contribution in [1.29, 1.82) is 0 Å². The number of halogens is 1. The summed E-state index contributed by atoms with van der Waals surface area (Å²) >= 11 is 1.38. The molecule has 0 aliphatic heterocycles. The molecule has 0 atom stereocenters. The second-order valence-electron chi connectivity index (χ2n) is 3.05. The van der Waals surface area contributed by atoms with Crippen LogP contribution in [0, 0.1) is 5.82 Å². The fourth-order valence-corrected chi connectivity index (χ4v) is 1.99. The van der Waals surface area contributed by atoms with E-state index in [2.05, 4.69) is 15.3 Å². The van der Waals surface area contributed by atoms with E-state index >= 15 is 0 Å². The first-order valence-corrected chi connectivity index (χ1v) is 5.53. The fourth-order valence-electron chi connectivity index (χ4n) is 1.17. The molecule has 0 spiro atoms. The van der Waals surface area contributed by atoms with Crippen LogP contribution in [0.2, 0.25) is 0 Å². The number of nitrogens with one attached hydrogen (secondary N) is 1. The largest absolute Gasteiger partial charge is 0.372 e. The van der Waals surface area contributed by atoms with Gasteiger partial charge in [0.25, 0.3) is 0 Å². The molecular formula is C11H10FN3S. The number of nitrogens with zero attached hydrogens (tertiary/aromatic N) is 2. The Morgan fingerprint density at radius 2 is 2.19 bits per heavy atom. The summed E-state index contributed by atoms with van der Waals surface area (Å²) in [6, 6.07) is 6.40. The third-order valence-corrected chi connectivity index (χ3v) is 2.78. The maximum atomic E-state index is 13.0. The maximum absolute atomic E-state index is 13.0. The molecule has 2 rings (SSSR count). The van der Waals surface area contributed by atoms with Gasteiger partial charge in [-0.1, -0.05) is 17.8 Å². The predicted octanol–water partition coefficient (Wildman–Crippen LogP) is 2.81. The predicted molar refractivity (Wildman–Crippen MR) is 62.1 cm³/mol. The first-order chi connectivity index (χ1) is 7.78. The van der Waals surface area contributed by atoms with Gasteiger partial charge in [0.05, 0.1) is 12.4 Å². The van der Waals surface area contributed by atoms with Crippen molar-refractivity contribution in [3.8, 4) is 0 Å². The van der Waals surface area contributed by atoms with E-state index in [1.54, 1.807) is 25.5 Å². The van der Waals surface area contributed by atoms with Gasteiger partial charge in [-0.25, -0.2) is 9.37 Å². The Kier molecular flexibility index (Phi) is 3.36. The van der Waals surface area contributed by atoms with Crippen LogP contribution in [0.3, 0.4) is 0 Å². The highest BCUT2D eigenvalue weighted by Gasteiger charge is 2.01. The Morgan fingerprint density at radius 1 is 1.31 bits per heavy atom. The summed E-state index contributed by atoms with van der Waals surface area (Å²) in [5.74, 6) is 0.448. The van der Waals surface area contributed by atoms with Crippen LogP contribution in [-0.4, -0.2) is 17.0 Å². The molecule has 0 fully saturated rings. The zero-order valence-corrected chi connectivity index (χ0v) is 9.46. The van der Waals surface area contributed by atoms with Gasteiger partial charge in [-0.2, -0.15) is 0 Å². The second-order valence-corrected chi connectivity index (χ2v) is 4.15. The molecule has 2 aromatic rings. The zero-order chi connectivity index (χ0) is 11.4. The Labute approximate surface area is 97.1 Å². The second kappa shape index (κ2) is 4.94. The van der Waals surface area contributed by atoms with Gasteiger partial charge in [0.2, 0.25) is 0 Å². The van der Waals surface area contributed by atoms with Crippen molar-refractivity contribution in [3.63, 3.8) is 0 Å². The van der Waals surface area contributed by atoms with Gasteiger partial charge >= 0.3 is 0 Å². The zero-order valence-electron chi connectivity index (χ0n) is 8.64. The molecule has 0 unspecified atom stereocenters. The number of aromatic nitrogens is 2. The third-order valence-electron chi connectivity index (χ3n) is 1.89. The van der Waals surface area contributed by atoms with Crippen molar-refractivity contribution in [2.45, 2.75) is 9.92 Å². The number of hydrogen-bond acceptors (Lipinski definition) is 4. The van der Waals surface area contributed by atoms with Gasteiger partial charge < -0.3 is 5.32 Å². The number of hydrogen-bond donors (Lipinski definition) is 1. The Balaban J connectivity index is 2.20. The van der Waals surface area contributed by atoms with Crippen molar-refractivity contribution in [3.05, 3.63) is 42.5 Å². The lowest BCUT2D eigenvalue weighted by atomic mass is 10.4. The van der Waals surface area contributed by atoms with Crippen molar-refractivity contribution < 1.29 is 4.39 Å². The number of rotatable bonds is 3. The monoisotopic (exact) mass is 235 g/mol. The van der Waals surface area contributed by atoms with Crippen LogP contribution in [0.4, 0.5) is 10.2 Å². The molecular weight excluding hydrogens is 225 g/mol. The van der Waals surface area contributed by atoms with E-state index in [9.17, 15) is 4.39 Å². The van der Waals surface area contributed by atoms with Crippen LogP contribution in [0.5, 0.6) is 0 Å². The normalized spacial score (nSPS) is 10.1. The van der Waals surface area contributed by atoms with E-state index in [0.717, 1.165) is 9.92 Å². The molecule has 0 aliphatic carbocycles. The van der Waals surface area contributed by atoms with Crippen LogP contribution in [0.1, 0.15) is 0 Å². The summed E-state index contributed by atoms with van der Waals surface area (Å²) in [6.07, 6.45) is 3.28. The molecule has 5 heteroatoms. The molecule has 16 heavy (non-hydrogen) atoms. The minimum absolute atomic E-state index is 0.247. The molecule has 1 heterocycles. The molecule has 1 aromatic carbocycles. The summed E-state index contributed by atoms with van der Waals surface area (Å²) in [4.78, 5) is 9.13. The smallest absolute Gasteiger partial charge is 0.145 e. The minimum atomic E-state index is -0.247. The van der Waals surface area contributed by atoms with Gasteiger partial charge in [0, 0.05) is 11.9 Å². The highest BCUT2D eigenvalue weighted by molar-refractivity contribution is 7.99. The molecule has 0 saturated heterocycles. The van der Waals surface area contributed by atoms with E-state index in [0.29, 0.717) is 5.82 Å². The average Bonchev–Trinajstić information content (AvgIpc) is 2.29. The van der Waals surface area contributed by atoms with E-state index in [4.69, 9.17) is 0 Å². The van der Waals surface area contributed by atoms with Crippen molar-refractivity contribution in [1.82, 2.24) is 9.97 Å². The van der Waals surface area contributed by atoms with Crippen molar-refractivity contribution in [2.75, 3.05) is 12.4 Å². The Morgan fingerprint density at radius 3 is 2.94 bits per heavy atom. The average molecular weight is 235 g/mol. The summed E-state index contributed by atoms with van der Waals surface area (Å²) < 4.78 is 13.0. The molecule has 0 radical (unpaired) electrons. The van der Waals surface area contributed by atoms with Gasteiger partial charge in [-0.15, -0.1) is 0 Å². The van der Waals surface area contributed by atoms with Gasteiger partial charge in [0.1, 0.15) is 16.7 Å². The van der Waals surface area contributed by atoms with E-state index in [1.165, 1.54) is 23.9 Å². The van der Waals surface area contributed by atoms with Gasteiger partial charge in [-0.3, -0.25) is 4.98 Å².